The summed E-state index contributed by atoms with van der Waals surface area (Å²) in [5.41, 5.74) is 3.15. The number of hydrogen-bond acceptors (Lipinski definition) is 2. The van der Waals surface area contributed by atoms with Gasteiger partial charge in [0.2, 0.25) is 0 Å². The van der Waals surface area contributed by atoms with Crippen LogP contribution in [0.1, 0.15) is 29.7 Å². The smallest absolute Gasteiger partial charge is 0.102 e. The molecule has 0 aromatic heterocycles. The lowest BCUT2D eigenvalue weighted by Crippen LogP contribution is -2.09. The average Bonchev–Trinajstić information content (AvgIpc) is 2.45. The highest BCUT2D eigenvalue weighted by molar-refractivity contribution is 6.48. The van der Waals surface area contributed by atoms with Crippen molar-refractivity contribution < 1.29 is 0 Å². The predicted octanol–water partition coefficient (Wildman–Crippen LogP) is 6.00. The molecule has 1 atom stereocenters. The van der Waals surface area contributed by atoms with Gasteiger partial charge in [-0.05, 0) is 37.1 Å². The first-order valence-electron chi connectivity index (χ1n) is 6.35. The van der Waals surface area contributed by atoms with Gasteiger partial charge >= 0.3 is 0 Å². The molecule has 1 N–H and O–H groups in total. The van der Waals surface area contributed by atoms with Crippen molar-refractivity contribution in [2.45, 2.75) is 19.9 Å². The average molecular weight is 340 g/mol. The Morgan fingerprint density at radius 1 is 1.10 bits per heavy atom. The number of anilines is 1. The van der Waals surface area contributed by atoms with Gasteiger partial charge in [0, 0.05) is 0 Å². The Balaban J connectivity index is 2.36. The molecule has 0 saturated carbocycles. The summed E-state index contributed by atoms with van der Waals surface area (Å²) in [6.45, 7) is 3.86. The van der Waals surface area contributed by atoms with Crippen molar-refractivity contribution in [2.24, 2.45) is 0 Å². The van der Waals surface area contributed by atoms with Crippen LogP contribution in [0.15, 0.2) is 30.3 Å². The van der Waals surface area contributed by atoms with Gasteiger partial charge < -0.3 is 5.32 Å². The molecule has 0 bridgehead atoms. The van der Waals surface area contributed by atoms with Gasteiger partial charge in [-0.25, -0.2) is 0 Å². The number of nitriles is 1. The van der Waals surface area contributed by atoms with Crippen LogP contribution in [0.5, 0.6) is 0 Å². The molecule has 21 heavy (non-hydrogen) atoms. The molecule has 0 aliphatic carbocycles. The van der Waals surface area contributed by atoms with E-state index in [9.17, 15) is 5.26 Å². The fourth-order valence-corrected chi connectivity index (χ4v) is 2.83. The van der Waals surface area contributed by atoms with Crippen LogP contribution >= 0.6 is 34.8 Å². The van der Waals surface area contributed by atoms with Gasteiger partial charge in [-0.1, -0.05) is 53.0 Å². The third kappa shape index (κ3) is 3.27. The highest BCUT2D eigenvalue weighted by Gasteiger charge is 2.15. The summed E-state index contributed by atoms with van der Waals surface area (Å²) in [7, 11) is 0. The van der Waals surface area contributed by atoms with Crippen LogP contribution in [0, 0.1) is 18.3 Å². The number of nitrogens with zero attached hydrogens (tertiary/aromatic N) is 1. The van der Waals surface area contributed by atoms with Crippen molar-refractivity contribution in [3.8, 4) is 6.07 Å². The van der Waals surface area contributed by atoms with Crippen LogP contribution in [-0.4, -0.2) is 0 Å². The quantitative estimate of drug-likeness (QED) is 0.696. The minimum atomic E-state index is -0.110. The first-order chi connectivity index (χ1) is 9.95. The van der Waals surface area contributed by atoms with Crippen molar-refractivity contribution in [1.29, 1.82) is 5.26 Å². The molecule has 0 aliphatic heterocycles. The van der Waals surface area contributed by atoms with Crippen molar-refractivity contribution in [3.63, 3.8) is 0 Å². The number of aryl methyl sites for hydroxylation is 1. The number of halogens is 3. The van der Waals surface area contributed by atoms with Crippen molar-refractivity contribution in [3.05, 3.63) is 62.1 Å². The first kappa shape index (κ1) is 16.0. The highest BCUT2D eigenvalue weighted by Crippen LogP contribution is 2.36. The molecule has 0 radical (unpaired) electrons. The third-order valence-electron chi connectivity index (χ3n) is 3.29. The normalized spacial score (nSPS) is 11.8. The van der Waals surface area contributed by atoms with E-state index >= 15 is 0 Å². The van der Waals surface area contributed by atoms with Crippen molar-refractivity contribution in [2.75, 3.05) is 5.32 Å². The zero-order chi connectivity index (χ0) is 15.6. The van der Waals surface area contributed by atoms with E-state index in [-0.39, 0.29) is 6.04 Å². The molecule has 2 nitrogen and oxygen atoms in total. The fourth-order valence-electron chi connectivity index (χ4n) is 2.12. The maximum absolute atomic E-state index is 9.26. The lowest BCUT2D eigenvalue weighted by atomic mass is 10.0. The van der Waals surface area contributed by atoms with Crippen LogP contribution in [-0.2, 0) is 0 Å². The van der Waals surface area contributed by atoms with Gasteiger partial charge in [0.15, 0.2) is 0 Å². The Labute approximate surface area is 139 Å². The Hall–Kier alpha value is -1.40. The third-order valence-corrected chi connectivity index (χ3v) is 4.60. The summed E-state index contributed by atoms with van der Waals surface area (Å²) in [5, 5.41) is 13.8. The molecular formula is C16H13Cl3N2. The molecule has 0 spiro atoms. The lowest BCUT2D eigenvalue weighted by molar-refractivity contribution is 0.884. The predicted molar refractivity (Wildman–Crippen MR) is 89.4 cm³/mol. The van der Waals surface area contributed by atoms with Crippen LogP contribution in [0.25, 0.3) is 0 Å². The fraction of sp³-hybridized carbons (Fsp3) is 0.188. The van der Waals surface area contributed by atoms with E-state index < -0.39 is 0 Å². The van der Waals surface area contributed by atoms with E-state index in [4.69, 9.17) is 34.8 Å². The maximum Gasteiger partial charge on any atom is 0.102 e. The zero-order valence-corrected chi connectivity index (χ0v) is 13.8. The second-order valence-electron chi connectivity index (χ2n) is 4.74. The molecular weight excluding hydrogens is 327 g/mol. The van der Waals surface area contributed by atoms with E-state index in [0.29, 0.717) is 20.6 Å². The van der Waals surface area contributed by atoms with Crippen LogP contribution in [0.3, 0.4) is 0 Å². The standard InChI is InChI=1S/C16H13Cl3N2/c1-9-4-3-5-14(12(9)8-20)21-10(2)11-6-7-13(17)16(19)15(11)18/h3-7,10,21H,1-2H3. The van der Waals surface area contributed by atoms with Crippen molar-refractivity contribution >= 4 is 40.5 Å². The summed E-state index contributed by atoms with van der Waals surface area (Å²) >= 11 is 18.3. The zero-order valence-electron chi connectivity index (χ0n) is 11.5. The molecule has 108 valence electrons. The van der Waals surface area contributed by atoms with Gasteiger partial charge in [-0.15, -0.1) is 0 Å². The SMILES string of the molecule is Cc1cccc(NC(C)c2ccc(Cl)c(Cl)c2Cl)c1C#N. The van der Waals surface area contributed by atoms with Gasteiger partial charge in [0.1, 0.15) is 6.07 Å². The number of benzene rings is 2. The van der Waals surface area contributed by atoms with Crippen LogP contribution < -0.4 is 5.32 Å². The Bertz CT molecular complexity index is 720. The molecule has 0 amide bonds. The molecule has 2 aromatic carbocycles. The molecule has 0 saturated heterocycles. The van der Waals surface area contributed by atoms with Gasteiger partial charge in [-0.2, -0.15) is 5.26 Å². The Morgan fingerprint density at radius 2 is 1.81 bits per heavy atom. The minimum absolute atomic E-state index is 0.110. The summed E-state index contributed by atoms with van der Waals surface area (Å²) < 4.78 is 0. The first-order valence-corrected chi connectivity index (χ1v) is 7.48. The van der Waals surface area contributed by atoms with Gasteiger partial charge in [-0.3, -0.25) is 0 Å². The molecule has 0 fully saturated rings. The summed E-state index contributed by atoms with van der Waals surface area (Å²) in [4.78, 5) is 0. The monoisotopic (exact) mass is 338 g/mol. The molecule has 5 heteroatoms. The van der Waals surface area contributed by atoms with E-state index in [1.54, 1.807) is 6.07 Å². The Kier molecular flexibility index (Phi) is 5.00. The minimum Gasteiger partial charge on any atom is -0.377 e. The number of rotatable bonds is 3. The molecule has 2 aromatic rings. The molecule has 1 unspecified atom stereocenters. The second-order valence-corrected chi connectivity index (χ2v) is 5.90. The molecule has 2 rings (SSSR count). The van der Waals surface area contributed by atoms with Gasteiger partial charge in [0.05, 0.1) is 32.4 Å². The van der Waals surface area contributed by atoms with Crippen LogP contribution in [0.2, 0.25) is 15.1 Å². The summed E-state index contributed by atoms with van der Waals surface area (Å²) in [6, 6.07) is 11.3. The van der Waals surface area contributed by atoms with E-state index in [1.807, 2.05) is 38.1 Å². The van der Waals surface area contributed by atoms with Gasteiger partial charge in [0.25, 0.3) is 0 Å². The maximum atomic E-state index is 9.26. The topological polar surface area (TPSA) is 35.8 Å². The highest BCUT2D eigenvalue weighted by atomic mass is 35.5. The lowest BCUT2D eigenvalue weighted by Gasteiger charge is -2.19. The molecule has 0 aliphatic rings. The largest absolute Gasteiger partial charge is 0.377 e. The van der Waals surface area contributed by atoms with E-state index in [0.717, 1.165) is 16.8 Å². The number of hydrogen-bond donors (Lipinski definition) is 1. The van der Waals surface area contributed by atoms with Crippen molar-refractivity contribution in [1.82, 2.24) is 0 Å². The summed E-state index contributed by atoms with van der Waals surface area (Å²) in [5.74, 6) is 0. The van der Waals surface area contributed by atoms with E-state index in [1.165, 1.54) is 0 Å². The second kappa shape index (κ2) is 6.58. The summed E-state index contributed by atoms with van der Waals surface area (Å²) in [6.07, 6.45) is 0. The molecule has 0 heterocycles. The number of nitrogens with one attached hydrogen (secondary N) is 1. The van der Waals surface area contributed by atoms with Crippen LogP contribution in [0.4, 0.5) is 5.69 Å². The Morgan fingerprint density at radius 3 is 2.48 bits per heavy atom. The van der Waals surface area contributed by atoms with E-state index in [2.05, 4.69) is 11.4 Å².